The molecular weight excluding hydrogens is 148 g/mol. The van der Waals surface area contributed by atoms with Crippen LogP contribution in [0.15, 0.2) is 0 Å². The van der Waals surface area contributed by atoms with Crippen LogP contribution in [0.3, 0.4) is 0 Å². The maximum absolute atomic E-state index is 8.80. The van der Waals surface area contributed by atoms with Gasteiger partial charge in [0.05, 0.1) is 12.0 Å². The zero-order chi connectivity index (χ0) is 8.77. The summed E-state index contributed by atoms with van der Waals surface area (Å²) in [4.78, 5) is 2.38. The van der Waals surface area contributed by atoms with Crippen LogP contribution in [0.5, 0.6) is 0 Å². The van der Waals surface area contributed by atoms with E-state index in [1.165, 1.54) is 19.5 Å². The minimum absolute atomic E-state index is 0.356. The monoisotopic (exact) mass is 164 g/mol. The van der Waals surface area contributed by atoms with Crippen molar-refractivity contribution in [3.8, 4) is 6.07 Å². The van der Waals surface area contributed by atoms with Crippen LogP contribution in [0, 0.1) is 28.6 Å². The van der Waals surface area contributed by atoms with Crippen LogP contribution in [-0.2, 0) is 0 Å². The Labute approximate surface area is 74.2 Å². The van der Waals surface area contributed by atoms with Crippen molar-refractivity contribution in [1.82, 2.24) is 4.90 Å². The fourth-order valence-corrected chi connectivity index (χ4v) is 2.50. The normalized spacial score (nSPS) is 47.4. The zero-order valence-electron chi connectivity index (χ0n) is 7.88. The summed E-state index contributed by atoms with van der Waals surface area (Å²) >= 11 is 0. The molecule has 0 N–H and O–H groups in total. The van der Waals surface area contributed by atoms with E-state index in [1.807, 2.05) is 0 Å². The van der Waals surface area contributed by atoms with Crippen molar-refractivity contribution >= 4 is 0 Å². The van der Waals surface area contributed by atoms with Gasteiger partial charge in [0.25, 0.3) is 0 Å². The van der Waals surface area contributed by atoms with E-state index in [-0.39, 0.29) is 0 Å². The molecule has 1 aliphatic carbocycles. The summed E-state index contributed by atoms with van der Waals surface area (Å²) < 4.78 is 0. The van der Waals surface area contributed by atoms with Gasteiger partial charge in [0, 0.05) is 6.54 Å². The smallest absolute Gasteiger partial charge is 0.0661 e. The van der Waals surface area contributed by atoms with Crippen molar-refractivity contribution < 1.29 is 0 Å². The Kier molecular flexibility index (Phi) is 1.66. The predicted octanol–water partition coefficient (Wildman–Crippen LogP) is 1.49. The Hall–Kier alpha value is -0.550. The van der Waals surface area contributed by atoms with Crippen LogP contribution in [-0.4, -0.2) is 25.0 Å². The molecule has 1 heterocycles. The number of rotatable bonds is 1. The third-order valence-corrected chi connectivity index (χ3v) is 3.76. The molecule has 0 aromatic carbocycles. The van der Waals surface area contributed by atoms with E-state index in [4.69, 9.17) is 5.26 Å². The Balaban J connectivity index is 1.99. The Morgan fingerprint density at radius 1 is 1.58 bits per heavy atom. The molecule has 2 heteroatoms. The Bertz CT molecular complexity index is 230. The molecule has 1 saturated carbocycles. The average molecular weight is 164 g/mol. The zero-order valence-corrected chi connectivity index (χ0v) is 7.88. The van der Waals surface area contributed by atoms with Crippen molar-refractivity contribution in [2.75, 3.05) is 20.1 Å². The molecule has 0 aromatic heterocycles. The van der Waals surface area contributed by atoms with Crippen molar-refractivity contribution in [3.05, 3.63) is 0 Å². The quantitative estimate of drug-likeness (QED) is 0.587. The molecule has 1 saturated heterocycles. The highest BCUT2D eigenvalue weighted by atomic mass is 15.1. The number of hydrogen-bond acceptors (Lipinski definition) is 2. The van der Waals surface area contributed by atoms with Gasteiger partial charge in [-0.05, 0) is 37.8 Å². The summed E-state index contributed by atoms with van der Waals surface area (Å²) in [6, 6.07) is 2.40. The summed E-state index contributed by atoms with van der Waals surface area (Å²) in [5.41, 5.74) is 0.375. The molecule has 0 radical (unpaired) electrons. The van der Waals surface area contributed by atoms with Gasteiger partial charge in [-0.2, -0.15) is 5.26 Å². The molecule has 2 nitrogen and oxygen atoms in total. The lowest BCUT2D eigenvalue weighted by atomic mass is 9.88. The Morgan fingerprint density at radius 2 is 2.33 bits per heavy atom. The number of likely N-dealkylation sites (tertiary alicyclic amines) is 1. The van der Waals surface area contributed by atoms with Crippen molar-refractivity contribution in [2.45, 2.75) is 19.8 Å². The van der Waals surface area contributed by atoms with E-state index in [9.17, 15) is 0 Å². The molecule has 3 unspecified atom stereocenters. The lowest BCUT2D eigenvalue weighted by Crippen LogP contribution is -2.19. The highest BCUT2D eigenvalue weighted by molar-refractivity contribution is 5.13. The predicted molar refractivity (Wildman–Crippen MR) is 47.4 cm³/mol. The minimum atomic E-state index is 0.356. The van der Waals surface area contributed by atoms with Crippen LogP contribution >= 0.6 is 0 Å². The number of nitrogens with zero attached hydrogens (tertiary/aromatic N) is 2. The molecule has 0 bridgehead atoms. The summed E-state index contributed by atoms with van der Waals surface area (Å²) in [6.07, 6.45) is 2.44. The van der Waals surface area contributed by atoms with Crippen LogP contribution in [0.25, 0.3) is 0 Å². The SMILES string of the molecule is CN1CCC(C2(C)CC2C#N)C1. The molecule has 0 amide bonds. The summed E-state index contributed by atoms with van der Waals surface area (Å²) in [6.45, 7) is 4.71. The maximum Gasteiger partial charge on any atom is 0.0661 e. The van der Waals surface area contributed by atoms with E-state index in [1.54, 1.807) is 0 Å². The van der Waals surface area contributed by atoms with Gasteiger partial charge in [-0.15, -0.1) is 0 Å². The van der Waals surface area contributed by atoms with Gasteiger partial charge in [0.1, 0.15) is 0 Å². The summed E-state index contributed by atoms with van der Waals surface area (Å²) in [5, 5.41) is 8.80. The van der Waals surface area contributed by atoms with Crippen molar-refractivity contribution in [1.29, 1.82) is 5.26 Å². The van der Waals surface area contributed by atoms with Gasteiger partial charge >= 0.3 is 0 Å². The van der Waals surface area contributed by atoms with Crippen LogP contribution < -0.4 is 0 Å². The topological polar surface area (TPSA) is 27.0 Å². The molecule has 0 spiro atoms. The molecular formula is C10H16N2. The second-order valence-electron chi connectivity index (χ2n) is 4.64. The molecule has 66 valence electrons. The molecule has 12 heavy (non-hydrogen) atoms. The van der Waals surface area contributed by atoms with Crippen molar-refractivity contribution in [3.63, 3.8) is 0 Å². The molecule has 2 rings (SSSR count). The largest absolute Gasteiger partial charge is 0.306 e. The van der Waals surface area contributed by atoms with E-state index < -0.39 is 0 Å². The van der Waals surface area contributed by atoms with Gasteiger partial charge in [0.15, 0.2) is 0 Å². The summed E-state index contributed by atoms with van der Waals surface area (Å²) in [5.74, 6) is 1.14. The molecule has 2 aliphatic rings. The van der Waals surface area contributed by atoms with Crippen LogP contribution in [0.2, 0.25) is 0 Å². The maximum atomic E-state index is 8.80. The molecule has 2 fully saturated rings. The standard InChI is InChI=1S/C10H16N2/c1-10(5-9(10)6-11)8-3-4-12(2)7-8/h8-9H,3-5,7H2,1-2H3. The third kappa shape index (κ3) is 1.04. The first kappa shape index (κ1) is 8.07. The minimum Gasteiger partial charge on any atom is -0.306 e. The molecule has 0 aromatic rings. The van der Waals surface area contributed by atoms with Crippen LogP contribution in [0.1, 0.15) is 19.8 Å². The Morgan fingerprint density at radius 3 is 2.75 bits per heavy atom. The van der Waals surface area contributed by atoms with Gasteiger partial charge in [0.2, 0.25) is 0 Å². The highest BCUT2D eigenvalue weighted by Gasteiger charge is 2.56. The van der Waals surface area contributed by atoms with Gasteiger partial charge < -0.3 is 4.90 Å². The first-order chi connectivity index (χ1) is 5.66. The number of nitriles is 1. The van der Waals surface area contributed by atoms with Gasteiger partial charge in [-0.3, -0.25) is 0 Å². The van der Waals surface area contributed by atoms with Crippen molar-refractivity contribution in [2.24, 2.45) is 17.3 Å². The second kappa shape index (κ2) is 2.47. The lowest BCUT2D eigenvalue weighted by molar-refractivity contribution is 0.309. The van der Waals surface area contributed by atoms with E-state index in [2.05, 4.69) is 24.9 Å². The van der Waals surface area contributed by atoms with Gasteiger partial charge in [-0.1, -0.05) is 6.92 Å². The van der Waals surface area contributed by atoms with E-state index in [0.717, 1.165) is 12.3 Å². The fraction of sp³-hybridized carbons (Fsp3) is 0.900. The number of hydrogen-bond donors (Lipinski definition) is 0. The molecule has 3 atom stereocenters. The first-order valence-electron chi connectivity index (χ1n) is 4.75. The lowest BCUT2D eigenvalue weighted by Gasteiger charge is -2.17. The molecule has 1 aliphatic heterocycles. The van der Waals surface area contributed by atoms with Gasteiger partial charge in [-0.25, -0.2) is 0 Å². The average Bonchev–Trinajstić information content (AvgIpc) is 2.50. The fourth-order valence-electron chi connectivity index (χ4n) is 2.50. The second-order valence-corrected chi connectivity index (χ2v) is 4.64. The van der Waals surface area contributed by atoms with E-state index in [0.29, 0.717) is 11.3 Å². The summed E-state index contributed by atoms with van der Waals surface area (Å²) in [7, 11) is 2.17. The third-order valence-electron chi connectivity index (χ3n) is 3.76. The highest BCUT2D eigenvalue weighted by Crippen LogP contribution is 2.59. The first-order valence-corrected chi connectivity index (χ1v) is 4.75. The van der Waals surface area contributed by atoms with Crippen LogP contribution in [0.4, 0.5) is 0 Å². The van der Waals surface area contributed by atoms with E-state index >= 15 is 0 Å².